The van der Waals surface area contributed by atoms with E-state index >= 15 is 0 Å². The summed E-state index contributed by atoms with van der Waals surface area (Å²) in [6.45, 7) is 2.24. The van der Waals surface area contributed by atoms with Crippen molar-refractivity contribution in [1.82, 2.24) is 0 Å². The number of hydrogen-bond acceptors (Lipinski definition) is 2. The molecule has 32 heavy (non-hydrogen) atoms. The highest BCUT2D eigenvalue weighted by Gasteiger charge is 2.48. The van der Waals surface area contributed by atoms with E-state index in [4.69, 9.17) is 0 Å². The van der Waals surface area contributed by atoms with Gasteiger partial charge in [-0.3, -0.25) is 4.57 Å². The van der Waals surface area contributed by atoms with E-state index in [9.17, 15) is 19.5 Å². The Labute approximate surface area is 198 Å². The Morgan fingerprint density at radius 3 is 1.47 bits per heavy atom. The first-order valence-electron chi connectivity index (χ1n) is 12.9. The highest BCUT2D eigenvalue weighted by molar-refractivity contribution is 7.53. The predicted molar refractivity (Wildman–Crippen MR) is 138 cm³/mol. The van der Waals surface area contributed by atoms with Gasteiger partial charge in [0.2, 0.25) is 5.34 Å². The largest absolute Gasteiger partial charge is 0.373 e. The van der Waals surface area contributed by atoms with Gasteiger partial charge in [-0.05, 0) is 57.8 Å². The van der Waals surface area contributed by atoms with Gasteiger partial charge in [0.15, 0.2) is 0 Å². The SMILES string of the molecule is CC/C=C\CCCC/C=C\CCCCCCCCCCCC(O)(C[N+](C)(C)C)P(=O)(O)O. The molecule has 0 rings (SSSR count). The zero-order valence-electron chi connectivity index (χ0n) is 21.5. The van der Waals surface area contributed by atoms with Crippen LogP contribution < -0.4 is 0 Å². The molecule has 0 aromatic rings. The van der Waals surface area contributed by atoms with E-state index in [1.807, 2.05) is 21.1 Å². The summed E-state index contributed by atoms with van der Waals surface area (Å²) >= 11 is 0. The van der Waals surface area contributed by atoms with Crippen LogP contribution in [0.15, 0.2) is 24.3 Å². The molecule has 5 nitrogen and oxygen atoms in total. The van der Waals surface area contributed by atoms with Crippen LogP contribution in [0.4, 0.5) is 0 Å². The topological polar surface area (TPSA) is 77.8 Å². The van der Waals surface area contributed by atoms with Gasteiger partial charge in [-0.15, -0.1) is 0 Å². The van der Waals surface area contributed by atoms with Gasteiger partial charge in [0, 0.05) is 0 Å². The average molecular weight is 475 g/mol. The maximum atomic E-state index is 11.8. The molecule has 0 amide bonds. The summed E-state index contributed by atoms with van der Waals surface area (Å²) in [4.78, 5) is 19.2. The van der Waals surface area contributed by atoms with E-state index in [0.717, 1.165) is 25.7 Å². The first kappa shape index (κ1) is 31.6. The molecule has 0 fully saturated rings. The minimum Gasteiger partial charge on any atom is -0.373 e. The second-order valence-corrected chi connectivity index (χ2v) is 12.3. The van der Waals surface area contributed by atoms with Gasteiger partial charge >= 0.3 is 7.60 Å². The summed E-state index contributed by atoms with van der Waals surface area (Å²) in [5, 5.41) is 8.63. The van der Waals surface area contributed by atoms with Crippen LogP contribution in [0.25, 0.3) is 0 Å². The molecule has 190 valence electrons. The van der Waals surface area contributed by atoms with Crippen molar-refractivity contribution in [3.05, 3.63) is 24.3 Å². The zero-order valence-corrected chi connectivity index (χ0v) is 22.4. The number of hydrogen-bond donors (Lipinski definition) is 3. The first-order valence-corrected chi connectivity index (χ1v) is 14.5. The van der Waals surface area contributed by atoms with Gasteiger partial charge in [-0.25, -0.2) is 0 Å². The molecule has 0 aromatic heterocycles. The minimum absolute atomic E-state index is 0.0586. The Morgan fingerprint density at radius 2 is 1.06 bits per heavy atom. The monoisotopic (exact) mass is 474 g/mol. The molecule has 0 aromatic carbocycles. The standard InChI is InChI=1S/C26H52NO4P/c1-5-6-7-8-9-10-11-12-13-14-15-16-17-18-19-20-21-22-23-24-26(28,32(29,30)31)25-27(2,3)4/h6-7,12-13,28H,5,8-11,14-25H2,1-4H3,(H-,29,30,31)/p+1/b7-6-,13-12-. The van der Waals surface area contributed by atoms with Crippen molar-refractivity contribution in [2.75, 3.05) is 27.7 Å². The molecule has 0 saturated carbocycles. The molecule has 0 spiro atoms. The molecule has 6 heteroatoms. The van der Waals surface area contributed by atoms with E-state index in [1.54, 1.807) is 0 Å². The van der Waals surface area contributed by atoms with Crippen LogP contribution >= 0.6 is 7.60 Å². The normalized spacial score (nSPS) is 15.1. The van der Waals surface area contributed by atoms with Gasteiger partial charge in [-0.2, -0.15) is 0 Å². The Balaban J connectivity index is 3.62. The average Bonchev–Trinajstić information content (AvgIpc) is 2.67. The third-order valence-electron chi connectivity index (χ3n) is 5.78. The Bertz CT molecular complexity index is 551. The van der Waals surface area contributed by atoms with Crippen LogP contribution in [0, 0.1) is 0 Å². The Hall–Kier alpha value is -0.450. The van der Waals surface area contributed by atoms with Crippen LogP contribution in [-0.2, 0) is 4.57 Å². The van der Waals surface area contributed by atoms with Crippen LogP contribution in [0.3, 0.4) is 0 Å². The molecule has 0 saturated heterocycles. The van der Waals surface area contributed by atoms with Crippen molar-refractivity contribution in [3.8, 4) is 0 Å². The van der Waals surface area contributed by atoms with Crippen LogP contribution in [-0.4, -0.2) is 52.4 Å². The van der Waals surface area contributed by atoms with Crippen LogP contribution in [0.5, 0.6) is 0 Å². The fourth-order valence-corrected chi connectivity index (χ4v) is 5.09. The third-order valence-corrected chi connectivity index (χ3v) is 7.23. The van der Waals surface area contributed by atoms with Crippen LogP contribution in [0.1, 0.15) is 110 Å². The molecule has 0 radical (unpaired) electrons. The lowest BCUT2D eigenvalue weighted by atomic mass is 10.0. The molecule has 3 N–H and O–H groups in total. The van der Waals surface area contributed by atoms with Gasteiger partial charge in [0.05, 0.1) is 21.1 Å². The number of unbranched alkanes of at least 4 members (excludes halogenated alkanes) is 12. The molecular weight excluding hydrogens is 421 g/mol. The maximum absolute atomic E-state index is 11.8. The molecule has 0 aliphatic carbocycles. The van der Waals surface area contributed by atoms with Gasteiger partial charge in [0.25, 0.3) is 0 Å². The lowest BCUT2D eigenvalue weighted by Gasteiger charge is -2.35. The lowest BCUT2D eigenvalue weighted by Crippen LogP contribution is -2.49. The number of quaternary nitrogens is 1. The highest BCUT2D eigenvalue weighted by Crippen LogP contribution is 2.52. The molecule has 0 aliphatic rings. The fraction of sp³-hybridized carbons (Fsp3) is 0.846. The van der Waals surface area contributed by atoms with Crippen molar-refractivity contribution in [2.24, 2.45) is 0 Å². The van der Waals surface area contributed by atoms with E-state index < -0.39 is 12.9 Å². The lowest BCUT2D eigenvalue weighted by molar-refractivity contribution is -0.875. The molecule has 1 unspecified atom stereocenters. The molecule has 0 heterocycles. The summed E-state index contributed by atoms with van der Waals surface area (Å²) in [5.74, 6) is 0. The van der Waals surface area contributed by atoms with Crippen molar-refractivity contribution in [2.45, 2.75) is 115 Å². The van der Waals surface area contributed by atoms with Crippen molar-refractivity contribution < 1.29 is 23.9 Å². The Morgan fingerprint density at radius 1 is 0.688 bits per heavy atom. The highest BCUT2D eigenvalue weighted by atomic mass is 31.2. The predicted octanol–water partition coefficient (Wildman–Crippen LogP) is 6.93. The minimum atomic E-state index is -4.55. The summed E-state index contributed by atoms with van der Waals surface area (Å²) in [6, 6.07) is 0. The number of likely N-dealkylation sites (N-methyl/N-ethyl adjacent to an activating group) is 1. The number of rotatable bonds is 21. The smallest absolute Gasteiger partial charge is 0.362 e. The van der Waals surface area contributed by atoms with E-state index in [0.29, 0.717) is 10.9 Å². The summed E-state index contributed by atoms with van der Waals surface area (Å²) in [5.41, 5.74) is 0. The summed E-state index contributed by atoms with van der Waals surface area (Å²) < 4.78 is 12.1. The molecule has 1 atom stereocenters. The second kappa shape index (κ2) is 18.0. The van der Waals surface area contributed by atoms with E-state index in [1.165, 1.54) is 64.2 Å². The van der Waals surface area contributed by atoms with Crippen molar-refractivity contribution >= 4 is 7.60 Å². The first-order chi connectivity index (χ1) is 15.0. The quantitative estimate of drug-likeness (QED) is 0.0729. The third kappa shape index (κ3) is 18.0. The van der Waals surface area contributed by atoms with Gasteiger partial charge < -0.3 is 19.4 Å². The van der Waals surface area contributed by atoms with Crippen molar-refractivity contribution in [1.29, 1.82) is 0 Å². The van der Waals surface area contributed by atoms with Gasteiger partial charge in [0.1, 0.15) is 6.54 Å². The fourth-order valence-electron chi connectivity index (χ4n) is 4.03. The van der Waals surface area contributed by atoms with E-state index in [-0.39, 0.29) is 13.0 Å². The number of allylic oxidation sites excluding steroid dienone is 4. The Kier molecular flexibility index (Phi) is 17.7. The summed E-state index contributed by atoms with van der Waals surface area (Å²) in [7, 11) is 0.971. The molecule has 0 aliphatic heterocycles. The molecular formula is C26H53NO4P+. The van der Waals surface area contributed by atoms with Crippen molar-refractivity contribution in [3.63, 3.8) is 0 Å². The second-order valence-electron chi connectivity index (χ2n) is 10.3. The van der Waals surface area contributed by atoms with Crippen LogP contribution in [0.2, 0.25) is 0 Å². The summed E-state index contributed by atoms with van der Waals surface area (Å²) in [6.07, 6.45) is 26.9. The zero-order chi connectivity index (χ0) is 24.3. The number of aliphatic hydroxyl groups is 1. The van der Waals surface area contributed by atoms with Gasteiger partial charge in [-0.1, -0.05) is 76.2 Å². The maximum Gasteiger partial charge on any atom is 0.362 e. The van der Waals surface area contributed by atoms with E-state index in [2.05, 4.69) is 31.2 Å². The molecule has 0 bridgehead atoms. The number of nitrogens with zero attached hydrogens (tertiary/aromatic N) is 1.